The van der Waals surface area contributed by atoms with Crippen LogP contribution in [0.15, 0.2) is 17.1 Å². The first kappa shape index (κ1) is 13.4. The first-order chi connectivity index (χ1) is 9.64. The second kappa shape index (κ2) is 5.06. The van der Waals surface area contributed by atoms with Crippen molar-refractivity contribution in [2.75, 3.05) is 6.61 Å². The summed E-state index contributed by atoms with van der Waals surface area (Å²) in [5.41, 5.74) is 3.07. The zero-order valence-corrected chi connectivity index (χ0v) is 12.2. The normalized spacial score (nSPS) is 19.9. The van der Waals surface area contributed by atoms with Crippen molar-refractivity contribution in [2.24, 2.45) is 10.9 Å². The Labute approximate surface area is 120 Å². The highest BCUT2D eigenvalue weighted by Gasteiger charge is 2.47. The number of nitrogens with zero attached hydrogens (tertiary/aromatic N) is 1. The highest BCUT2D eigenvalue weighted by molar-refractivity contribution is 5.52. The average molecular weight is 271 g/mol. The van der Waals surface area contributed by atoms with Crippen molar-refractivity contribution in [1.29, 1.82) is 0 Å². The van der Waals surface area contributed by atoms with E-state index >= 15 is 0 Å². The number of aryl methyl sites for hydroxylation is 2. The molecule has 0 aliphatic heterocycles. The fourth-order valence-electron chi connectivity index (χ4n) is 3.00. The lowest BCUT2D eigenvalue weighted by Crippen LogP contribution is -2.20. The van der Waals surface area contributed by atoms with Gasteiger partial charge in [-0.05, 0) is 57.1 Å². The van der Waals surface area contributed by atoms with Gasteiger partial charge in [-0.1, -0.05) is 18.1 Å². The third-order valence-electron chi connectivity index (χ3n) is 4.59. The van der Waals surface area contributed by atoms with Gasteiger partial charge in [-0.15, -0.1) is 0 Å². The smallest absolute Gasteiger partial charge is 0.235 e. The SMILES string of the molecule is Cc1cc(C)c(OCC2CCC2)c(C2(N=C=O)CC2)c1. The highest BCUT2D eigenvalue weighted by atomic mass is 16.5. The van der Waals surface area contributed by atoms with E-state index in [1.165, 1.54) is 24.8 Å². The molecule has 0 unspecified atom stereocenters. The van der Waals surface area contributed by atoms with Crippen molar-refractivity contribution < 1.29 is 9.53 Å². The van der Waals surface area contributed by atoms with Gasteiger partial charge in [-0.25, -0.2) is 4.79 Å². The van der Waals surface area contributed by atoms with Crippen LogP contribution in [0.1, 0.15) is 48.8 Å². The molecule has 3 nitrogen and oxygen atoms in total. The van der Waals surface area contributed by atoms with Crippen LogP contribution in [0.2, 0.25) is 0 Å². The average Bonchev–Trinajstić information content (AvgIpc) is 3.10. The van der Waals surface area contributed by atoms with E-state index in [0.29, 0.717) is 5.92 Å². The van der Waals surface area contributed by atoms with Crippen LogP contribution >= 0.6 is 0 Å². The van der Waals surface area contributed by atoms with E-state index < -0.39 is 0 Å². The van der Waals surface area contributed by atoms with Gasteiger partial charge in [0.05, 0.1) is 6.61 Å². The minimum Gasteiger partial charge on any atom is -0.493 e. The molecule has 106 valence electrons. The van der Waals surface area contributed by atoms with Crippen molar-refractivity contribution in [3.8, 4) is 5.75 Å². The summed E-state index contributed by atoms with van der Waals surface area (Å²) in [5, 5.41) is 0. The standard InChI is InChI=1S/C17H21NO2/c1-12-8-13(2)16(20-10-14-4-3-5-14)15(9-12)17(6-7-17)18-11-19/h8-9,14H,3-7,10H2,1-2H3. The molecule has 3 rings (SSSR count). The number of isocyanates is 1. The van der Waals surface area contributed by atoms with Crippen LogP contribution in [-0.4, -0.2) is 12.7 Å². The fraction of sp³-hybridized carbons (Fsp3) is 0.588. The topological polar surface area (TPSA) is 38.7 Å². The maximum absolute atomic E-state index is 10.7. The van der Waals surface area contributed by atoms with Crippen LogP contribution in [0.5, 0.6) is 5.75 Å². The number of benzene rings is 1. The minimum absolute atomic E-state index is 0.354. The molecule has 0 atom stereocenters. The molecule has 0 spiro atoms. The Morgan fingerprint density at radius 3 is 2.65 bits per heavy atom. The summed E-state index contributed by atoms with van der Waals surface area (Å²) >= 11 is 0. The van der Waals surface area contributed by atoms with Crippen molar-refractivity contribution >= 4 is 6.08 Å². The molecule has 0 N–H and O–H groups in total. The molecule has 0 aromatic heterocycles. The van der Waals surface area contributed by atoms with E-state index in [2.05, 4.69) is 31.0 Å². The van der Waals surface area contributed by atoms with Crippen LogP contribution in [0.4, 0.5) is 0 Å². The Bertz CT molecular complexity index is 565. The number of aliphatic imine (C=N–C) groups is 1. The molecule has 20 heavy (non-hydrogen) atoms. The van der Waals surface area contributed by atoms with Crippen LogP contribution in [-0.2, 0) is 10.3 Å². The maximum Gasteiger partial charge on any atom is 0.235 e. The van der Waals surface area contributed by atoms with E-state index in [1.54, 1.807) is 6.08 Å². The summed E-state index contributed by atoms with van der Waals surface area (Å²) in [6, 6.07) is 4.26. The van der Waals surface area contributed by atoms with Crippen molar-refractivity contribution in [3.63, 3.8) is 0 Å². The number of hydrogen-bond donors (Lipinski definition) is 0. The molecule has 0 saturated heterocycles. The third-order valence-corrected chi connectivity index (χ3v) is 4.59. The Hall–Kier alpha value is -1.60. The van der Waals surface area contributed by atoms with Crippen LogP contribution < -0.4 is 4.74 Å². The van der Waals surface area contributed by atoms with E-state index in [4.69, 9.17) is 4.74 Å². The number of rotatable bonds is 5. The number of hydrogen-bond acceptors (Lipinski definition) is 3. The van der Waals surface area contributed by atoms with Gasteiger partial charge in [-0.3, -0.25) is 0 Å². The predicted molar refractivity (Wildman–Crippen MR) is 77.8 cm³/mol. The first-order valence-electron chi connectivity index (χ1n) is 7.48. The summed E-state index contributed by atoms with van der Waals surface area (Å²) in [6.07, 6.45) is 7.46. The van der Waals surface area contributed by atoms with Gasteiger partial charge < -0.3 is 4.74 Å². The lowest BCUT2D eigenvalue weighted by atomic mass is 9.86. The second-order valence-electron chi connectivity index (χ2n) is 6.30. The largest absolute Gasteiger partial charge is 0.493 e. The van der Waals surface area contributed by atoms with Crippen LogP contribution in [0.3, 0.4) is 0 Å². The Morgan fingerprint density at radius 2 is 2.10 bits per heavy atom. The molecule has 0 radical (unpaired) electrons. The van der Waals surface area contributed by atoms with Crippen molar-refractivity contribution in [1.82, 2.24) is 0 Å². The quantitative estimate of drug-likeness (QED) is 0.603. The lowest BCUT2D eigenvalue weighted by molar-refractivity contribution is 0.178. The molecule has 0 bridgehead atoms. The third kappa shape index (κ3) is 2.38. The maximum atomic E-state index is 10.7. The molecule has 1 aromatic carbocycles. The Kier molecular flexibility index (Phi) is 3.39. The fourth-order valence-corrected chi connectivity index (χ4v) is 3.00. The van der Waals surface area contributed by atoms with E-state index in [1.807, 2.05) is 0 Å². The van der Waals surface area contributed by atoms with Crippen molar-refractivity contribution in [2.45, 2.75) is 51.5 Å². The first-order valence-corrected chi connectivity index (χ1v) is 7.48. The molecular formula is C17H21NO2. The Morgan fingerprint density at radius 1 is 1.35 bits per heavy atom. The number of ether oxygens (including phenoxy) is 1. The van der Waals surface area contributed by atoms with Gasteiger partial charge in [0.1, 0.15) is 11.3 Å². The monoisotopic (exact) mass is 271 g/mol. The second-order valence-corrected chi connectivity index (χ2v) is 6.30. The Balaban J connectivity index is 1.92. The summed E-state index contributed by atoms with van der Waals surface area (Å²) in [5.74, 6) is 1.65. The van der Waals surface area contributed by atoms with E-state index in [9.17, 15) is 4.79 Å². The van der Waals surface area contributed by atoms with Crippen LogP contribution in [0, 0.1) is 19.8 Å². The zero-order chi connectivity index (χ0) is 14.2. The summed E-state index contributed by atoms with van der Waals surface area (Å²) in [6.45, 7) is 4.94. The van der Waals surface area contributed by atoms with Crippen LogP contribution in [0.25, 0.3) is 0 Å². The zero-order valence-electron chi connectivity index (χ0n) is 12.2. The molecule has 0 heterocycles. The molecule has 1 aromatic rings. The van der Waals surface area contributed by atoms with Gasteiger partial charge in [-0.2, -0.15) is 4.99 Å². The minimum atomic E-state index is -0.354. The summed E-state index contributed by atoms with van der Waals surface area (Å²) < 4.78 is 6.11. The van der Waals surface area contributed by atoms with Gasteiger partial charge in [0.2, 0.25) is 6.08 Å². The van der Waals surface area contributed by atoms with Crippen molar-refractivity contribution in [3.05, 3.63) is 28.8 Å². The predicted octanol–water partition coefficient (Wildman–Crippen LogP) is 3.81. The summed E-state index contributed by atoms with van der Waals surface area (Å²) in [4.78, 5) is 14.8. The summed E-state index contributed by atoms with van der Waals surface area (Å²) in [7, 11) is 0. The molecule has 2 fully saturated rings. The molecular weight excluding hydrogens is 250 g/mol. The highest BCUT2D eigenvalue weighted by Crippen LogP contribution is 2.53. The number of carbonyl (C=O) groups excluding carboxylic acids is 1. The lowest BCUT2D eigenvalue weighted by Gasteiger charge is -2.27. The van der Waals surface area contributed by atoms with Gasteiger partial charge >= 0.3 is 0 Å². The van der Waals surface area contributed by atoms with Gasteiger partial charge in [0, 0.05) is 5.56 Å². The molecule has 0 amide bonds. The molecule has 2 aliphatic carbocycles. The van der Waals surface area contributed by atoms with E-state index in [0.717, 1.165) is 36.3 Å². The van der Waals surface area contributed by atoms with Gasteiger partial charge in [0.25, 0.3) is 0 Å². The molecule has 3 heteroatoms. The van der Waals surface area contributed by atoms with E-state index in [-0.39, 0.29) is 5.54 Å². The van der Waals surface area contributed by atoms with Gasteiger partial charge in [0.15, 0.2) is 0 Å². The molecule has 2 aliphatic rings. The molecule has 2 saturated carbocycles.